The zero-order valence-electron chi connectivity index (χ0n) is 28.3. The molecular weight excluding hydrogens is 738 g/mol. The Bertz CT molecular complexity index is 1860. The third-order valence-corrected chi connectivity index (χ3v) is 9.05. The number of Topliss-reactive ketones (excluding diaryl/α,β-unsaturated/α-hetero) is 1. The van der Waals surface area contributed by atoms with Crippen molar-refractivity contribution in [1.29, 1.82) is 0 Å². The minimum atomic E-state index is -0.595. The molecule has 1 unspecified atom stereocenters. The number of esters is 1. The maximum absolute atomic E-state index is 12.6. The largest absolute Gasteiger partial charge is 0.466 e. The highest BCUT2D eigenvalue weighted by atomic mass is 79.9. The molecule has 51 heavy (non-hydrogen) atoms. The van der Waals surface area contributed by atoms with E-state index in [1.165, 1.54) is 4.90 Å². The third-order valence-electron chi connectivity index (χ3n) is 8.55. The molecule has 0 saturated carbocycles. The summed E-state index contributed by atoms with van der Waals surface area (Å²) in [6, 6.07) is 25.3. The lowest BCUT2D eigenvalue weighted by atomic mass is 10.1. The quantitative estimate of drug-likeness (QED) is 0.107. The average Bonchev–Trinajstić information content (AvgIpc) is 3.82. The molecule has 0 spiro atoms. The van der Waals surface area contributed by atoms with Crippen molar-refractivity contribution < 1.29 is 33.4 Å². The molecule has 3 heterocycles. The fourth-order valence-electron chi connectivity index (χ4n) is 6.13. The molecule has 13 heteroatoms. The normalized spacial score (nSPS) is 16.4. The summed E-state index contributed by atoms with van der Waals surface area (Å²) in [4.78, 5) is 67.3. The maximum Gasteiger partial charge on any atom is 0.410 e. The third kappa shape index (κ3) is 10.7. The Balaban J connectivity index is 0.000000228. The molecule has 0 bridgehead atoms. The van der Waals surface area contributed by atoms with Crippen LogP contribution in [0.15, 0.2) is 94.2 Å². The van der Waals surface area contributed by atoms with Crippen LogP contribution in [0.2, 0.25) is 0 Å². The van der Waals surface area contributed by atoms with Crippen molar-refractivity contribution in [2.75, 3.05) is 19.7 Å². The van der Waals surface area contributed by atoms with Crippen LogP contribution in [-0.4, -0.2) is 64.5 Å². The van der Waals surface area contributed by atoms with E-state index in [0.29, 0.717) is 24.9 Å². The molecule has 0 radical (unpaired) electrons. The van der Waals surface area contributed by atoms with E-state index in [-0.39, 0.29) is 63.1 Å². The molecule has 2 aliphatic heterocycles. The molecule has 6 rings (SSSR count). The van der Waals surface area contributed by atoms with Crippen LogP contribution in [-0.2, 0) is 37.0 Å². The van der Waals surface area contributed by atoms with Gasteiger partial charge in [0.1, 0.15) is 19.6 Å². The molecule has 2 atom stereocenters. The van der Waals surface area contributed by atoms with E-state index in [0.717, 1.165) is 46.1 Å². The minimum Gasteiger partial charge on any atom is -0.466 e. The Morgan fingerprint density at radius 2 is 1.37 bits per heavy atom. The van der Waals surface area contributed by atoms with Gasteiger partial charge in [0, 0.05) is 34.7 Å². The predicted molar refractivity (Wildman–Crippen MR) is 201 cm³/mol. The van der Waals surface area contributed by atoms with Crippen molar-refractivity contribution in [3.63, 3.8) is 0 Å². The van der Waals surface area contributed by atoms with Crippen molar-refractivity contribution >= 4 is 64.3 Å². The number of nitrogens with zero attached hydrogens (tertiary/aromatic N) is 2. The number of carbonyl (C=O) groups excluding carboxylic acids is 4. The molecular formula is C38H42BrN3O8S. The molecule has 270 valence electrons. The Morgan fingerprint density at radius 3 is 2.00 bits per heavy atom. The smallest absolute Gasteiger partial charge is 0.410 e. The van der Waals surface area contributed by atoms with Gasteiger partial charge in [-0.15, -0.1) is 0 Å². The van der Waals surface area contributed by atoms with Gasteiger partial charge >= 0.3 is 18.2 Å². The number of H-pyrrole nitrogens is 1. The second-order valence-corrected chi connectivity index (χ2v) is 12.9. The van der Waals surface area contributed by atoms with Crippen molar-refractivity contribution in [2.24, 2.45) is 0 Å². The van der Waals surface area contributed by atoms with Gasteiger partial charge in [-0.3, -0.25) is 24.2 Å². The molecule has 4 aromatic rings. The molecule has 2 fully saturated rings. The van der Waals surface area contributed by atoms with Crippen LogP contribution in [0.25, 0.3) is 10.9 Å². The van der Waals surface area contributed by atoms with Crippen LogP contribution in [0.5, 0.6) is 0 Å². The van der Waals surface area contributed by atoms with Gasteiger partial charge in [-0.05, 0) is 61.9 Å². The molecule has 3 aromatic carbocycles. The number of rotatable bonds is 9. The number of hydrogen-bond donors (Lipinski definition) is 1. The van der Waals surface area contributed by atoms with E-state index in [4.69, 9.17) is 14.2 Å². The van der Waals surface area contributed by atoms with Crippen molar-refractivity contribution in [2.45, 2.75) is 64.3 Å². The number of hydrogen-bond acceptors (Lipinski definition) is 8. The number of nitrogens with one attached hydrogen (secondary N) is 1. The highest BCUT2D eigenvalue weighted by molar-refractivity contribution is 9.10. The van der Waals surface area contributed by atoms with Gasteiger partial charge in [0.15, 0.2) is 11.2 Å². The summed E-state index contributed by atoms with van der Waals surface area (Å²) < 4.78 is 16.4. The van der Waals surface area contributed by atoms with E-state index >= 15 is 0 Å². The molecule has 1 N–H and O–H groups in total. The summed E-state index contributed by atoms with van der Waals surface area (Å²) in [5.74, 6) is -0.848. The van der Waals surface area contributed by atoms with Gasteiger partial charge in [0.25, 0.3) is 0 Å². The Labute approximate surface area is 311 Å². The molecule has 11 nitrogen and oxygen atoms in total. The van der Waals surface area contributed by atoms with Crippen LogP contribution >= 0.6 is 29.4 Å². The molecule has 2 amide bonds. The summed E-state index contributed by atoms with van der Waals surface area (Å²) in [5.41, 5.74) is 3.30. The number of fused-ring (bicyclic) bond motifs is 1. The first-order chi connectivity index (χ1) is 24.2. The standard InChI is InChI=1S/C21H19BrN2O3.C17H21NO5.H2S/c22-15-8-9-16-17(11-15)23-18(12-20(16)25)19-7-4-10-24(19)21(26)27-13-14-5-2-1-3-6-14;1-2-22-16(20)11-15(19)14-9-6-10-18(14)17(21)23-12-13-7-4-3-5-8-13;/h1-3,5-6,8-9,11-12,19H,4,7,10,13H2,(H,23,25);3-5,7-8,14H,2,6,9-12H2,1H3;1H2/t;14-;/m.0./s1. The van der Waals surface area contributed by atoms with Crippen LogP contribution in [0.3, 0.4) is 0 Å². The number of carbonyl (C=O) groups is 4. The van der Waals surface area contributed by atoms with Crippen molar-refractivity contribution in [3.05, 3.63) is 116 Å². The van der Waals surface area contributed by atoms with Crippen LogP contribution in [0, 0.1) is 0 Å². The average molecular weight is 781 g/mol. The van der Waals surface area contributed by atoms with Crippen LogP contribution < -0.4 is 5.43 Å². The topological polar surface area (TPSA) is 135 Å². The first-order valence-electron chi connectivity index (χ1n) is 16.7. The molecule has 1 aromatic heterocycles. The lowest BCUT2D eigenvalue weighted by Gasteiger charge is -2.24. The zero-order valence-corrected chi connectivity index (χ0v) is 30.9. The summed E-state index contributed by atoms with van der Waals surface area (Å²) in [7, 11) is 0. The number of ether oxygens (including phenoxy) is 3. The summed E-state index contributed by atoms with van der Waals surface area (Å²) in [5, 5.41) is 0.637. The van der Waals surface area contributed by atoms with Crippen LogP contribution in [0.4, 0.5) is 9.59 Å². The van der Waals surface area contributed by atoms with E-state index < -0.39 is 18.1 Å². The fraction of sp³-hybridized carbons (Fsp3) is 0.342. The van der Waals surface area contributed by atoms with Gasteiger partial charge in [0.2, 0.25) is 0 Å². The summed E-state index contributed by atoms with van der Waals surface area (Å²) in [6.07, 6.45) is 1.78. The van der Waals surface area contributed by atoms with Gasteiger partial charge in [-0.2, -0.15) is 13.5 Å². The number of likely N-dealkylation sites (tertiary alicyclic amines) is 2. The second-order valence-electron chi connectivity index (χ2n) is 12.0. The first kappa shape index (κ1) is 39.2. The van der Waals surface area contributed by atoms with Crippen LogP contribution in [0.1, 0.15) is 61.9 Å². The lowest BCUT2D eigenvalue weighted by Crippen LogP contribution is -2.41. The Morgan fingerprint density at radius 1 is 0.784 bits per heavy atom. The Kier molecular flexibility index (Phi) is 14.7. The highest BCUT2D eigenvalue weighted by Gasteiger charge is 2.36. The van der Waals surface area contributed by atoms with E-state index in [2.05, 4.69) is 20.9 Å². The number of pyridine rings is 1. The number of benzene rings is 3. The number of aromatic nitrogens is 1. The number of amides is 2. The second kappa shape index (κ2) is 19.1. The fourth-order valence-corrected chi connectivity index (χ4v) is 6.49. The van der Waals surface area contributed by atoms with Gasteiger partial charge in [0.05, 0.1) is 24.2 Å². The van der Waals surface area contributed by atoms with Crippen molar-refractivity contribution in [1.82, 2.24) is 14.8 Å². The van der Waals surface area contributed by atoms with Gasteiger partial charge in [-0.25, -0.2) is 9.59 Å². The van der Waals surface area contributed by atoms with E-state index in [9.17, 15) is 24.0 Å². The lowest BCUT2D eigenvalue weighted by molar-refractivity contribution is -0.146. The number of halogens is 1. The molecule has 2 aliphatic rings. The van der Waals surface area contributed by atoms with E-state index in [1.807, 2.05) is 72.8 Å². The predicted octanol–water partition coefficient (Wildman–Crippen LogP) is 7.19. The van der Waals surface area contributed by atoms with Crippen molar-refractivity contribution in [3.8, 4) is 0 Å². The maximum atomic E-state index is 12.6. The SMILES string of the molecule is CCOC(=O)CC(=O)[C@@H]1CCCN1C(=O)OCc1ccccc1.O=C(OCc1ccccc1)N1CCCC1c1cc(=O)c2ccc(Br)cc2[nH]1.S. The van der Waals surface area contributed by atoms with Gasteiger partial charge < -0.3 is 19.2 Å². The number of ketones is 1. The first-order valence-corrected chi connectivity index (χ1v) is 17.5. The summed E-state index contributed by atoms with van der Waals surface area (Å²) in [6.45, 7) is 3.41. The van der Waals surface area contributed by atoms with Gasteiger partial charge in [-0.1, -0.05) is 76.6 Å². The monoisotopic (exact) mass is 779 g/mol. The Hall–Kier alpha value is -4.62. The minimum absolute atomic E-state index is 0. The zero-order chi connectivity index (χ0) is 35.5. The highest BCUT2D eigenvalue weighted by Crippen LogP contribution is 2.32. The molecule has 2 saturated heterocycles. The molecule has 0 aliphatic carbocycles. The summed E-state index contributed by atoms with van der Waals surface area (Å²) >= 11 is 3.44. The number of aromatic amines is 1. The van der Waals surface area contributed by atoms with E-state index in [1.54, 1.807) is 24.0 Å².